The van der Waals surface area contributed by atoms with E-state index in [1.165, 1.54) is 5.56 Å². The molecule has 0 atom stereocenters. The Hall–Kier alpha value is -2.30. The van der Waals surface area contributed by atoms with Crippen LogP contribution < -0.4 is 10.2 Å². The number of hydrogen-bond donors (Lipinski definition) is 1. The van der Waals surface area contributed by atoms with E-state index >= 15 is 0 Å². The van der Waals surface area contributed by atoms with Gasteiger partial charge in [0.15, 0.2) is 0 Å². The number of rotatable bonds is 5. The van der Waals surface area contributed by atoms with Crippen LogP contribution in [-0.4, -0.2) is 17.0 Å². The SMILES string of the molecule is CN(Cc1ccccc1)c1nccc(Nc2cc(Cl)cc(Cl)c2)n1. The average Bonchev–Trinajstić information content (AvgIpc) is 2.55. The zero-order valence-corrected chi connectivity index (χ0v) is 14.6. The number of nitrogens with zero attached hydrogens (tertiary/aromatic N) is 3. The monoisotopic (exact) mass is 358 g/mol. The zero-order valence-electron chi connectivity index (χ0n) is 13.1. The summed E-state index contributed by atoms with van der Waals surface area (Å²) < 4.78 is 0. The lowest BCUT2D eigenvalue weighted by Gasteiger charge is -2.18. The summed E-state index contributed by atoms with van der Waals surface area (Å²) in [5.41, 5.74) is 1.98. The predicted octanol–water partition coefficient (Wildman–Crippen LogP) is 5.16. The molecule has 1 N–H and O–H groups in total. The number of benzene rings is 2. The molecule has 1 aromatic heterocycles. The maximum absolute atomic E-state index is 6.02. The predicted molar refractivity (Wildman–Crippen MR) is 100 cm³/mol. The molecule has 0 fully saturated rings. The van der Waals surface area contributed by atoms with Crippen LogP contribution in [0.1, 0.15) is 5.56 Å². The second kappa shape index (κ2) is 7.51. The van der Waals surface area contributed by atoms with E-state index in [4.69, 9.17) is 23.2 Å². The van der Waals surface area contributed by atoms with E-state index in [0.717, 1.165) is 12.2 Å². The molecule has 0 spiro atoms. The summed E-state index contributed by atoms with van der Waals surface area (Å²) in [5.74, 6) is 1.32. The Kier molecular flexibility index (Phi) is 5.18. The van der Waals surface area contributed by atoms with Crippen LogP contribution in [0.3, 0.4) is 0 Å². The molecule has 3 aromatic rings. The van der Waals surface area contributed by atoms with Gasteiger partial charge in [0.1, 0.15) is 5.82 Å². The fourth-order valence-corrected chi connectivity index (χ4v) is 2.83. The minimum Gasteiger partial charge on any atom is -0.340 e. The first kappa shape index (κ1) is 16.6. The molecule has 0 bridgehead atoms. The fourth-order valence-electron chi connectivity index (χ4n) is 2.30. The van der Waals surface area contributed by atoms with Crippen molar-refractivity contribution in [1.29, 1.82) is 0 Å². The van der Waals surface area contributed by atoms with Gasteiger partial charge in [0, 0.05) is 35.5 Å². The Labute approximate surface area is 151 Å². The largest absolute Gasteiger partial charge is 0.340 e. The molecule has 1 heterocycles. The standard InChI is InChI=1S/C18H16Cl2N4/c1-24(12-13-5-3-2-4-6-13)18-21-8-7-17(23-18)22-16-10-14(19)9-15(20)11-16/h2-11H,12H2,1H3,(H,21,22,23). The van der Waals surface area contributed by atoms with Crippen molar-refractivity contribution < 1.29 is 0 Å². The molecule has 122 valence electrons. The number of aromatic nitrogens is 2. The maximum atomic E-state index is 6.02. The highest BCUT2D eigenvalue weighted by Crippen LogP contribution is 2.25. The normalized spacial score (nSPS) is 10.5. The van der Waals surface area contributed by atoms with Crippen LogP contribution in [0, 0.1) is 0 Å². The summed E-state index contributed by atoms with van der Waals surface area (Å²) in [4.78, 5) is 10.9. The van der Waals surface area contributed by atoms with Gasteiger partial charge in [-0.3, -0.25) is 0 Å². The third kappa shape index (κ3) is 4.37. The van der Waals surface area contributed by atoms with Crippen molar-refractivity contribution in [1.82, 2.24) is 9.97 Å². The van der Waals surface area contributed by atoms with Gasteiger partial charge in [0.25, 0.3) is 0 Å². The van der Waals surface area contributed by atoms with Crippen LogP contribution in [0.2, 0.25) is 10.0 Å². The minimum absolute atomic E-state index is 0.570. The van der Waals surface area contributed by atoms with Crippen LogP contribution in [0.4, 0.5) is 17.5 Å². The first-order valence-electron chi connectivity index (χ1n) is 7.41. The molecule has 2 aromatic carbocycles. The van der Waals surface area contributed by atoms with Crippen molar-refractivity contribution in [2.24, 2.45) is 0 Å². The summed E-state index contributed by atoms with van der Waals surface area (Å²) >= 11 is 12.0. The smallest absolute Gasteiger partial charge is 0.227 e. The maximum Gasteiger partial charge on any atom is 0.227 e. The van der Waals surface area contributed by atoms with E-state index in [2.05, 4.69) is 27.4 Å². The molecule has 6 heteroatoms. The number of halogens is 2. The molecular formula is C18H16Cl2N4. The van der Waals surface area contributed by atoms with Crippen molar-refractivity contribution in [3.63, 3.8) is 0 Å². The Bertz CT molecular complexity index is 804. The molecule has 0 amide bonds. The zero-order chi connectivity index (χ0) is 16.9. The lowest BCUT2D eigenvalue weighted by atomic mass is 10.2. The van der Waals surface area contributed by atoms with Crippen LogP contribution in [0.25, 0.3) is 0 Å². The van der Waals surface area contributed by atoms with E-state index in [0.29, 0.717) is 21.8 Å². The van der Waals surface area contributed by atoms with E-state index in [-0.39, 0.29) is 0 Å². The summed E-state index contributed by atoms with van der Waals surface area (Å²) in [7, 11) is 1.96. The average molecular weight is 359 g/mol. The molecule has 0 aliphatic carbocycles. The molecule has 3 rings (SSSR count). The van der Waals surface area contributed by atoms with E-state index in [1.807, 2.05) is 30.1 Å². The van der Waals surface area contributed by atoms with Crippen LogP contribution in [-0.2, 0) is 6.54 Å². The van der Waals surface area contributed by atoms with Crippen LogP contribution in [0.5, 0.6) is 0 Å². The molecule has 0 saturated heterocycles. The lowest BCUT2D eigenvalue weighted by Crippen LogP contribution is -2.19. The molecular weight excluding hydrogens is 343 g/mol. The summed E-state index contributed by atoms with van der Waals surface area (Å²) in [5, 5.41) is 4.34. The van der Waals surface area contributed by atoms with Crippen LogP contribution >= 0.6 is 23.2 Å². The van der Waals surface area contributed by atoms with Crippen molar-refractivity contribution in [2.45, 2.75) is 6.54 Å². The second-order valence-corrected chi connectivity index (χ2v) is 6.24. The summed E-state index contributed by atoms with van der Waals surface area (Å²) in [6.07, 6.45) is 1.72. The number of hydrogen-bond acceptors (Lipinski definition) is 4. The Morgan fingerprint density at radius 3 is 2.42 bits per heavy atom. The first-order chi connectivity index (χ1) is 11.6. The minimum atomic E-state index is 0.570. The van der Waals surface area contributed by atoms with Crippen molar-refractivity contribution >= 4 is 40.7 Å². The molecule has 0 unspecified atom stereocenters. The highest BCUT2D eigenvalue weighted by Gasteiger charge is 2.07. The molecule has 4 nitrogen and oxygen atoms in total. The molecule has 24 heavy (non-hydrogen) atoms. The quantitative estimate of drug-likeness (QED) is 0.683. The van der Waals surface area contributed by atoms with Gasteiger partial charge >= 0.3 is 0 Å². The van der Waals surface area contributed by atoms with Crippen LogP contribution in [0.15, 0.2) is 60.8 Å². The van der Waals surface area contributed by atoms with E-state index in [1.54, 1.807) is 30.5 Å². The third-order valence-corrected chi connectivity index (χ3v) is 3.82. The van der Waals surface area contributed by atoms with E-state index in [9.17, 15) is 0 Å². The molecule has 0 saturated carbocycles. The highest BCUT2D eigenvalue weighted by molar-refractivity contribution is 6.35. The molecule has 0 radical (unpaired) electrons. The second-order valence-electron chi connectivity index (χ2n) is 5.37. The first-order valence-corrected chi connectivity index (χ1v) is 8.17. The van der Waals surface area contributed by atoms with Crippen molar-refractivity contribution in [3.8, 4) is 0 Å². The van der Waals surface area contributed by atoms with Gasteiger partial charge in [0.05, 0.1) is 0 Å². The highest BCUT2D eigenvalue weighted by atomic mass is 35.5. The molecule has 0 aliphatic rings. The Balaban J connectivity index is 1.76. The fraction of sp³-hybridized carbons (Fsp3) is 0.111. The third-order valence-electron chi connectivity index (χ3n) is 3.38. The van der Waals surface area contributed by atoms with Gasteiger partial charge in [-0.25, -0.2) is 4.98 Å². The number of nitrogens with one attached hydrogen (secondary N) is 1. The van der Waals surface area contributed by atoms with Gasteiger partial charge in [-0.1, -0.05) is 53.5 Å². The summed E-state index contributed by atoms with van der Waals surface area (Å²) in [6, 6.07) is 17.3. The van der Waals surface area contributed by atoms with E-state index < -0.39 is 0 Å². The van der Waals surface area contributed by atoms with Gasteiger partial charge < -0.3 is 10.2 Å². The lowest BCUT2D eigenvalue weighted by molar-refractivity contribution is 0.868. The number of anilines is 3. The van der Waals surface area contributed by atoms with Gasteiger partial charge in [0.2, 0.25) is 5.95 Å². The van der Waals surface area contributed by atoms with Gasteiger partial charge in [-0.2, -0.15) is 4.98 Å². The van der Waals surface area contributed by atoms with Gasteiger partial charge in [-0.05, 0) is 29.8 Å². The Morgan fingerprint density at radius 2 is 1.71 bits per heavy atom. The van der Waals surface area contributed by atoms with Crippen molar-refractivity contribution in [2.75, 3.05) is 17.3 Å². The molecule has 0 aliphatic heterocycles. The summed E-state index contributed by atoms with van der Waals surface area (Å²) in [6.45, 7) is 0.729. The topological polar surface area (TPSA) is 41.1 Å². The van der Waals surface area contributed by atoms with Gasteiger partial charge in [-0.15, -0.1) is 0 Å². The Morgan fingerprint density at radius 1 is 1.00 bits per heavy atom. The van der Waals surface area contributed by atoms with Crippen molar-refractivity contribution in [3.05, 3.63) is 76.4 Å².